The number of rotatable bonds is 6. The molecule has 0 fully saturated rings. The van der Waals surface area contributed by atoms with Gasteiger partial charge in [-0.1, -0.05) is 188 Å². The number of aryl methyl sites for hydroxylation is 4. The van der Waals surface area contributed by atoms with E-state index in [4.69, 9.17) is 0 Å². The predicted molar refractivity (Wildman–Crippen MR) is 300 cm³/mol. The molecule has 0 amide bonds. The predicted octanol–water partition coefficient (Wildman–Crippen LogP) is 12.8. The van der Waals surface area contributed by atoms with Crippen LogP contribution in [0.15, 0.2) is 231 Å². The standard InChI is InChI=1S/C64H50B2N4/c1-43-39-49(69-59-35-19-15-31-55(59)67(47-23-7-5-8-24-47)56-32-16-20-36-60(56)69)40-44(2)63(43)65-51-27-11-13-29-53(51)66(54-30-14-12-28-52(54)65)64-45(3)41-50(42-46(64)4)70-61-37-21-17-33-57(61)68(48-25-9-6-10-26-48)58-34-18-22-38-62(58)70/h5-42H,1-4H3. The van der Waals surface area contributed by atoms with E-state index in [1.54, 1.807) is 0 Å². The number of anilines is 12. The van der Waals surface area contributed by atoms with E-state index in [0.717, 1.165) is 56.9 Å². The van der Waals surface area contributed by atoms with Gasteiger partial charge in [-0.2, -0.15) is 0 Å². The first-order valence-corrected chi connectivity index (χ1v) is 24.5. The molecule has 0 radical (unpaired) electrons. The normalized spacial score (nSPS) is 13.3. The van der Waals surface area contributed by atoms with Crippen LogP contribution in [0, 0.1) is 27.7 Å². The van der Waals surface area contributed by atoms with Gasteiger partial charge in [-0.25, -0.2) is 0 Å². The minimum absolute atomic E-state index is 0.0704. The smallest absolute Gasteiger partial charge is 0.240 e. The zero-order valence-corrected chi connectivity index (χ0v) is 39.9. The average Bonchev–Trinajstić information content (AvgIpc) is 3.39. The Bertz CT molecular complexity index is 3240. The highest BCUT2D eigenvalue weighted by Gasteiger charge is 2.41. The van der Waals surface area contributed by atoms with Crippen LogP contribution >= 0.6 is 0 Å². The first kappa shape index (κ1) is 41.7. The Morgan fingerprint density at radius 3 is 0.671 bits per heavy atom. The zero-order chi connectivity index (χ0) is 47.0. The van der Waals surface area contributed by atoms with Crippen molar-refractivity contribution in [2.24, 2.45) is 0 Å². The highest BCUT2D eigenvalue weighted by molar-refractivity contribution is 7.11. The lowest BCUT2D eigenvalue weighted by atomic mass is 9.20. The molecule has 3 aliphatic rings. The fourth-order valence-electron chi connectivity index (χ4n) is 12.3. The van der Waals surface area contributed by atoms with E-state index in [1.807, 2.05) is 0 Å². The van der Waals surface area contributed by atoms with E-state index < -0.39 is 0 Å². The molecular formula is C64H50B2N4. The van der Waals surface area contributed by atoms with Crippen LogP contribution in [0.4, 0.5) is 68.2 Å². The molecule has 6 heteroatoms. The van der Waals surface area contributed by atoms with Gasteiger partial charge in [0, 0.05) is 22.7 Å². The van der Waals surface area contributed by atoms with E-state index in [9.17, 15) is 0 Å². The summed E-state index contributed by atoms with van der Waals surface area (Å²) >= 11 is 0. The Morgan fingerprint density at radius 2 is 0.429 bits per heavy atom. The van der Waals surface area contributed by atoms with Crippen molar-refractivity contribution in [1.29, 1.82) is 0 Å². The van der Waals surface area contributed by atoms with Crippen LogP contribution in [0.3, 0.4) is 0 Å². The topological polar surface area (TPSA) is 13.0 Å². The third kappa shape index (κ3) is 6.47. The lowest BCUT2D eigenvalue weighted by molar-refractivity contribution is 1.16. The molecule has 0 N–H and O–H groups in total. The summed E-state index contributed by atoms with van der Waals surface area (Å²) in [5.41, 5.74) is 27.3. The molecule has 0 spiro atoms. The second kappa shape index (κ2) is 16.6. The third-order valence-corrected chi connectivity index (χ3v) is 15.0. The molecule has 332 valence electrons. The number of nitrogens with zero attached hydrogens (tertiary/aromatic N) is 4. The van der Waals surface area contributed by atoms with Gasteiger partial charge in [-0.15, -0.1) is 0 Å². The third-order valence-electron chi connectivity index (χ3n) is 15.0. The Hall–Kier alpha value is -8.47. The molecule has 0 aromatic heterocycles. The SMILES string of the molecule is Cc1cc(N2c3ccccc3N(c3ccccc3)c3ccccc32)cc(C)c1B1c2ccccc2B(c2c(C)cc(N3c4ccccc4N(c4ccccc4)c4ccccc43)cc2C)c2ccccc21. The summed E-state index contributed by atoms with van der Waals surface area (Å²) in [5.74, 6) is 0. The monoisotopic (exact) mass is 896 g/mol. The molecule has 13 rings (SSSR count). The summed E-state index contributed by atoms with van der Waals surface area (Å²) in [5, 5.41) is 0. The van der Waals surface area contributed by atoms with Crippen molar-refractivity contribution in [3.63, 3.8) is 0 Å². The molecule has 3 heterocycles. The van der Waals surface area contributed by atoms with Gasteiger partial charge in [0.1, 0.15) is 0 Å². The molecule has 10 aromatic rings. The lowest BCUT2D eigenvalue weighted by Gasteiger charge is -2.41. The van der Waals surface area contributed by atoms with E-state index in [-0.39, 0.29) is 13.4 Å². The van der Waals surface area contributed by atoms with Crippen molar-refractivity contribution in [3.8, 4) is 0 Å². The van der Waals surface area contributed by atoms with Crippen molar-refractivity contribution < 1.29 is 0 Å². The van der Waals surface area contributed by atoms with Crippen molar-refractivity contribution in [3.05, 3.63) is 253 Å². The Morgan fingerprint density at radius 1 is 0.229 bits per heavy atom. The number of hydrogen-bond donors (Lipinski definition) is 0. The van der Waals surface area contributed by atoms with Crippen molar-refractivity contribution in [2.75, 3.05) is 19.6 Å². The Labute approximate surface area is 412 Å². The highest BCUT2D eigenvalue weighted by atomic mass is 15.3. The van der Waals surface area contributed by atoms with Gasteiger partial charge in [-0.3, -0.25) is 0 Å². The van der Waals surface area contributed by atoms with Gasteiger partial charge < -0.3 is 19.6 Å². The van der Waals surface area contributed by atoms with Gasteiger partial charge >= 0.3 is 0 Å². The molecular weight excluding hydrogens is 846 g/mol. The summed E-state index contributed by atoms with van der Waals surface area (Å²) in [6, 6.07) is 84.9. The summed E-state index contributed by atoms with van der Waals surface area (Å²) in [6.07, 6.45) is 0. The number of fused-ring (bicyclic) bond motifs is 6. The zero-order valence-electron chi connectivity index (χ0n) is 39.9. The minimum Gasteiger partial charge on any atom is -0.306 e. The van der Waals surface area contributed by atoms with Crippen LogP contribution in [0.1, 0.15) is 22.3 Å². The molecule has 0 saturated carbocycles. The number of hydrogen-bond acceptors (Lipinski definition) is 4. The quantitative estimate of drug-likeness (QED) is 0.154. The molecule has 0 atom stereocenters. The Balaban J connectivity index is 0.914. The summed E-state index contributed by atoms with van der Waals surface area (Å²) in [6.45, 7) is 9.44. The van der Waals surface area contributed by atoms with Gasteiger partial charge in [0.2, 0.25) is 13.4 Å². The summed E-state index contributed by atoms with van der Waals surface area (Å²) in [4.78, 5) is 9.71. The molecule has 70 heavy (non-hydrogen) atoms. The molecule has 0 saturated heterocycles. The molecule has 0 aliphatic carbocycles. The van der Waals surface area contributed by atoms with Crippen molar-refractivity contribution in [2.45, 2.75) is 27.7 Å². The first-order valence-electron chi connectivity index (χ1n) is 24.5. The van der Waals surface area contributed by atoms with E-state index in [0.29, 0.717) is 0 Å². The molecule has 10 aromatic carbocycles. The first-order chi connectivity index (χ1) is 34.4. The molecule has 0 bridgehead atoms. The van der Waals surface area contributed by atoms with Gasteiger partial charge in [-0.05, 0) is 125 Å². The van der Waals surface area contributed by atoms with Gasteiger partial charge in [0.05, 0.1) is 45.5 Å². The van der Waals surface area contributed by atoms with E-state index in [1.165, 1.54) is 66.4 Å². The van der Waals surface area contributed by atoms with Crippen LogP contribution in [0.25, 0.3) is 0 Å². The van der Waals surface area contributed by atoms with Gasteiger partial charge in [0.15, 0.2) is 0 Å². The number of para-hydroxylation sites is 10. The van der Waals surface area contributed by atoms with E-state index >= 15 is 0 Å². The summed E-state index contributed by atoms with van der Waals surface area (Å²) < 4.78 is 0. The van der Waals surface area contributed by atoms with Crippen LogP contribution in [-0.4, -0.2) is 13.4 Å². The van der Waals surface area contributed by atoms with Crippen LogP contribution in [0.5, 0.6) is 0 Å². The minimum atomic E-state index is 0.0704. The van der Waals surface area contributed by atoms with Crippen LogP contribution in [0.2, 0.25) is 0 Å². The fourth-order valence-corrected chi connectivity index (χ4v) is 12.3. The summed E-state index contributed by atoms with van der Waals surface area (Å²) in [7, 11) is 0. The molecule has 0 unspecified atom stereocenters. The van der Waals surface area contributed by atoms with Crippen LogP contribution in [-0.2, 0) is 0 Å². The largest absolute Gasteiger partial charge is 0.306 e. The maximum absolute atomic E-state index is 2.46. The fraction of sp³-hybridized carbons (Fsp3) is 0.0625. The lowest BCUT2D eigenvalue weighted by Crippen LogP contribution is -2.75. The maximum Gasteiger partial charge on any atom is 0.240 e. The maximum atomic E-state index is 2.46. The second-order valence-electron chi connectivity index (χ2n) is 19.1. The van der Waals surface area contributed by atoms with Crippen molar-refractivity contribution >= 4 is 114 Å². The van der Waals surface area contributed by atoms with Crippen LogP contribution < -0.4 is 52.4 Å². The second-order valence-corrected chi connectivity index (χ2v) is 19.1. The van der Waals surface area contributed by atoms with E-state index in [2.05, 4.69) is 278 Å². The van der Waals surface area contributed by atoms with Gasteiger partial charge in [0.25, 0.3) is 0 Å². The molecule has 3 aliphatic heterocycles. The highest BCUT2D eigenvalue weighted by Crippen LogP contribution is 2.55. The van der Waals surface area contributed by atoms with Crippen molar-refractivity contribution in [1.82, 2.24) is 0 Å². The molecule has 4 nitrogen and oxygen atoms in total. The average molecular weight is 897 g/mol. The number of benzene rings is 10. The Kier molecular flexibility index (Phi) is 9.91.